The van der Waals surface area contributed by atoms with E-state index < -0.39 is 0 Å². The zero-order valence-corrected chi connectivity index (χ0v) is 15.5. The van der Waals surface area contributed by atoms with Gasteiger partial charge in [0.25, 0.3) is 5.91 Å². The van der Waals surface area contributed by atoms with Gasteiger partial charge in [-0.05, 0) is 24.6 Å². The second-order valence-corrected chi connectivity index (χ2v) is 6.87. The number of carbonyl (C=O) groups excluding carboxylic acids is 2. The van der Waals surface area contributed by atoms with Crippen molar-refractivity contribution in [2.45, 2.75) is 13.3 Å². The van der Waals surface area contributed by atoms with Crippen molar-refractivity contribution >= 4 is 39.3 Å². The predicted molar refractivity (Wildman–Crippen MR) is 94.8 cm³/mol. The number of benzene rings is 1. The summed E-state index contributed by atoms with van der Waals surface area (Å²) in [5.74, 6) is -0.0203. The predicted octanol–water partition coefficient (Wildman–Crippen LogP) is 2.39. The maximum atomic E-state index is 12.6. The number of nitrogens with one attached hydrogen (secondary N) is 1. The van der Waals surface area contributed by atoms with Crippen LogP contribution in [-0.2, 0) is 4.79 Å². The van der Waals surface area contributed by atoms with Gasteiger partial charge in [0.2, 0.25) is 5.91 Å². The molecule has 0 aliphatic carbocycles. The highest BCUT2D eigenvalue weighted by atomic mass is 79.9. The van der Waals surface area contributed by atoms with Gasteiger partial charge < -0.3 is 10.2 Å². The van der Waals surface area contributed by atoms with E-state index >= 15 is 0 Å². The molecule has 0 bridgehead atoms. The fourth-order valence-electron chi connectivity index (χ4n) is 2.46. The quantitative estimate of drug-likeness (QED) is 0.823. The molecule has 7 heteroatoms. The molecule has 1 aromatic carbocycles. The van der Waals surface area contributed by atoms with Gasteiger partial charge in [0, 0.05) is 37.2 Å². The Bertz CT molecular complexity index is 574. The van der Waals surface area contributed by atoms with E-state index in [4.69, 9.17) is 11.6 Å². The first-order chi connectivity index (χ1) is 11.0. The molecule has 1 aliphatic heterocycles. The first kappa shape index (κ1) is 18.2. The number of hydrogen-bond acceptors (Lipinski definition) is 3. The SMILES string of the molecule is CCCNC(=O)CN1CCN(C(=O)c2cc(Br)ccc2Cl)CC1. The van der Waals surface area contributed by atoms with Gasteiger partial charge in [-0.15, -0.1) is 0 Å². The number of halogens is 2. The molecule has 0 saturated carbocycles. The highest BCUT2D eigenvalue weighted by Gasteiger charge is 2.24. The fraction of sp³-hybridized carbons (Fsp3) is 0.500. The Morgan fingerprint density at radius 3 is 2.61 bits per heavy atom. The summed E-state index contributed by atoms with van der Waals surface area (Å²) in [6.45, 7) is 5.70. The number of hydrogen-bond donors (Lipinski definition) is 1. The molecule has 0 unspecified atom stereocenters. The molecule has 1 fully saturated rings. The number of rotatable bonds is 5. The van der Waals surface area contributed by atoms with Gasteiger partial charge in [0.05, 0.1) is 17.1 Å². The summed E-state index contributed by atoms with van der Waals surface area (Å²) in [6, 6.07) is 5.27. The van der Waals surface area contributed by atoms with Crippen molar-refractivity contribution in [2.24, 2.45) is 0 Å². The summed E-state index contributed by atoms with van der Waals surface area (Å²) in [7, 11) is 0. The van der Waals surface area contributed by atoms with Crippen LogP contribution in [0.15, 0.2) is 22.7 Å². The third-order valence-electron chi connectivity index (χ3n) is 3.76. The van der Waals surface area contributed by atoms with Crippen LogP contribution in [0.5, 0.6) is 0 Å². The van der Waals surface area contributed by atoms with Gasteiger partial charge in [0.1, 0.15) is 0 Å². The van der Waals surface area contributed by atoms with E-state index in [2.05, 4.69) is 26.1 Å². The monoisotopic (exact) mass is 401 g/mol. The molecule has 23 heavy (non-hydrogen) atoms. The summed E-state index contributed by atoms with van der Waals surface area (Å²) >= 11 is 9.49. The van der Waals surface area contributed by atoms with Crippen molar-refractivity contribution in [1.82, 2.24) is 15.1 Å². The first-order valence-corrected chi connectivity index (χ1v) is 8.91. The summed E-state index contributed by atoms with van der Waals surface area (Å²) in [6.07, 6.45) is 0.932. The number of nitrogens with zero attached hydrogens (tertiary/aromatic N) is 2. The number of carbonyl (C=O) groups is 2. The van der Waals surface area contributed by atoms with Crippen molar-refractivity contribution in [3.63, 3.8) is 0 Å². The average Bonchev–Trinajstić information content (AvgIpc) is 2.55. The van der Waals surface area contributed by atoms with E-state index in [-0.39, 0.29) is 11.8 Å². The van der Waals surface area contributed by atoms with Crippen LogP contribution in [0.4, 0.5) is 0 Å². The Labute approximate surface area is 150 Å². The van der Waals surface area contributed by atoms with E-state index in [1.54, 1.807) is 17.0 Å². The van der Waals surface area contributed by atoms with Gasteiger partial charge in [-0.25, -0.2) is 0 Å². The Balaban J connectivity index is 1.87. The molecule has 2 amide bonds. The summed E-state index contributed by atoms with van der Waals surface area (Å²) in [5, 5.41) is 3.33. The minimum absolute atomic E-state index is 0.0432. The summed E-state index contributed by atoms with van der Waals surface area (Å²) in [5.41, 5.74) is 0.509. The molecule has 1 N–H and O–H groups in total. The molecule has 1 heterocycles. The van der Waals surface area contributed by atoms with Crippen LogP contribution in [0.1, 0.15) is 23.7 Å². The second-order valence-electron chi connectivity index (χ2n) is 5.54. The second kappa shape index (κ2) is 8.66. The largest absolute Gasteiger partial charge is 0.355 e. The minimum atomic E-state index is -0.0635. The van der Waals surface area contributed by atoms with E-state index in [1.807, 2.05) is 13.0 Å². The maximum absolute atomic E-state index is 12.6. The number of piperazine rings is 1. The van der Waals surface area contributed by atoms with Crippen LogP contribution >= 0.6 is 27.5 Å². The lowest BCUT2D eigenvalue weighted by molar-refractivity contribution is -0.122. The molecule has 2 rings (SSSR count). The van der Waals surface area contributed by atoms with E-state index in [0.29, 0.717) is 49.9 Å². The highest BCUT2D eigenvalue weighted by molar-refractivity contribution is 9.10. The number of amides is 2. The Morgan fingerprint density at radius 2 is 1.96 bits per heavy atom. The molecule has 1 aliphatic rings. The minimum Gasteiger partial charge on any atom is -0.355 e. The zero-order chi connectivity index (χ0) is 16.8. The third-order valence-corrected chi connectivity index (χ3v) is 4.58. The smallest absolute Gasteiger partial charge is 0.255 e. The van der Waals surface area contributed by atoms with Gasteiger partial charge in [-0.2, -0.15) is 0 Å². The van der Waals surface area contributed by atoms with Crippen molar-refractivity contribution < 1.29 is 9.59 Å². The Hall–Kier alpha value is -1.11. The van der Waals surface area contributed by atoms with Crippen molar-refractivity contribution in [1.29, 1.82) is 0 Å². The molecular formula is C16H21BrClN3O2. The lowest BCUT2D eigenvalue weighted by Crippen LogP contribution is -2.51. The maximum Gasteiger partial charge on any atom is 0.255 e. The van der Waals surface area contributed by atoms with Crippen molar-refractivity contribution in [3.8, 4) is 0 Å². The standard InChI is InChI=1S/C16H21BrClN3O2/c1-2-5-19-15(22)11-20-6-8-21(9-7-20)16(23)13-10-12(17)3-4-14(13)18/h3-4,10H,2,5-9,11H2,1H3,(H,19,22). The fourth-order valence-corrected chi connectivity index (χ4v) is 3.02. The molecule has 1 aromatic rings. The normalized spacial score (nSPS) is 15.5. The van der Waals surface area contributed by atoms with Gasteiger partial charge in [-0.3, -0.25) is 14.5 Å². The average molecular weight is 403 g/mol. The van der Waals surface area contributed by atoms with E-state index in [1.165, 1.54) is 0 Å². The Kier molecular flexibility index (Phi) is 6.87. The summed E-state index contributed by atoms with van der Waals surface area (Å²) < 4.78 is 0.830. The van der Waals surface area contributed by atoms with Gasteiger partial charge >= 0.3 is 0 Å². The van der Waals surface area contributed by atoms with Gasteiger partial charge in [0.15, 0.2) is 0 Å². The topological polar surface area (TPSA) is 52.7 Å². The van der Waals surface area contributed by atoms with Crippen LogP contribution in [0, 0.1) is 0 Å². The molecule has 0 atom stereocenters. The lowest BCUT2D eigenvalue weighted by atomic mass is 10.2. The van der Waals surface area contributed by atoms with E-state index in [9.17, 15) is 9.59 Å². The third kappa shape index (κ3) is 5.19. The van der Waals surface area contributed by atoms with E-state index in [0.717, 1.165) is 10.9 Å². The first-order valence-electron chi connectivity index (χ1n) is 7.74. The zero-order valence-electron chi connectivity index (χ0n) is 13.1. The van der Waals surface area contributed by atoms with Crippen molar-refractivity contribution in [3.05, 3.63) is 33.3 Å². The molecule has 126 valence electrons. The Morgan fingerprint density at radius 1 is 1.26 bits per heavy atom. The van der Waals surface area contributed by atoms with Crippen LogP contribution in [-0.4, -0.2) is 60.9 Å². The highest BCUT2D eigenvalue weighted by Crippen LogP contribution is 2.23. The molecule has 5 nitrogen and oxygen atoms in total. The van der Waals surface area contributed by atoms with Gasteiger partial charge in [-0.1, -0.05) is 34.5 Å². The molecule has 0 aromatic heterocycles. The van der Waals surface area contributed by atoms with Crippen molar-refractivity contribution in [2.75, 3.05) is 39.3 Å². The lowest BCUT2D eigenvalue weighted by Gasteiger charge is -2.34. The molecule has 0 spiro atoms. The van der Waals surface area contributed by atoms with Crippen LogP contribution < -0.4 is 5.32 Å². The molecule has 1 saturated heterocycles. The van der Waals surface area contributed by atoms with Crippen LogP contribution in [0.25, 0.3) is 0 Å². The van der Waals surface area contributed by atoms with Crippen LogP contribution in [0.3, 0.4) is 0 Å². The molecular weight excluding hydrogens is 382 g/mol. The summed E-state index contributed by atoms with van der Waals surface area (Å²) in [4.78, 5) is 28.2. The molecule has 0 radical (unpaired) electrons. The van der Waals surface area contributed by atoms with Crippen LogP contribution in [0.2, 0.25) is 5.02 Å².